The Labute approximate surface area is 197 Å². The Balaban J connectivity index is 1.50. The monoisotopic (exact) mass is 477 g/mol. The molecule has 1 atom stereocenters. The van der Waals surface area contributed by atoms with Crippen LogP contribution in [0.4, 0.5) is 0 Å². The minimum absolute atomic E-state index is 0.0769. The first-order valence-electron chi connectivity index (χ1n) is 10.7. The van der Waals surface area contributed by atoms with Gasteiger partial charge in [0.1, 0.15) is 22.5 Å². The molecule has 34 heavy (non-hydrogen) atoms. The van der Waals surface area contributed by atoms with Gasteiger partial charge in [-0.3, -0.25) is 14.5 Å². The zero-order valence-corrected chi connectivity index (χ0v) is 19.3. The van der Waals surface area contributed by atoms with E-state index < -0.39 is 33.7 Å². The van der Waals surface area contributed by atoms with Crippen LogP contribution in [0, 0.1) is 0 Å². The van der Waals surface area contributed by atoms with Gasteiger partial charge in [0.25, 0.3) is 11.8 Å². The Morgan fingerprint density at radius 2 is 1.35 bits per heavy atom. The maximum absolute atomic E-state index is 13.0. The number of benzene rings is 3. The van der Waals surface area contributed by atoms with Crippen LogP contribution < -0.4 is 0 Å². The highest BCUT2D eigenvalue weighted by Crippen LogP contribution is 2.27. The summed E-state index contributed by atoms with van der Waals surface area (Å²) in [6, 6.07) is 22.2. The molecule has 3 aromatic rings. The van der Waals surface area contributed by atoms with Crippen LogP contribution in [0.15, 0.2) is 78.9 Å². The summed E-state index contributed by atoms with van der Waals surface area (Å²) in [5, 5.41) is 0. The first-order valence-corrected chi connectivity index (χ1v) is 12.8. The van der Waals surface area contributed by atoms with Gasteiger partial charge in [-0.25, -0.2) is 13.2 Å². The summed E-state index contributed by atoms with van der Waals surface area (Å²) in [6.07, 6.45) is 0.794. The maximum Gasteiger partial charge on any atom is 0.329 e. The van der Waals surface area contributed by atoms with E-state index in [0.717, 1.165) is 27.8 Å². The predicted octanol–water partition coefficient (Wildman–Crippen LogP) is 3.50. The molecule has 0 radical (unpaired) electrons. The lowest BCUT2D eigenvalue weighted by Gasteiger charge is -2.24. The summed E-state index contributed by atoms with van der Waals surface area (Å²) in [5.41, 5.74) is 3.14. The second-order valence-corrected chi connectivity index (χ2v) is 10.4. The van der Waals surface area contributed by atoms with Gasteiger partial charge < -0.3 is 4.74 Å². The average Bonchev–Trinajstić information content (AvgIpc) is 3.08. The summed E-state index contributed by atoms with van der Waals surface area (Å²) in [4.78, 5) is 39.5. The third-order valence-corrected chi connectivity index (χ3v) is 6.59. The molecule has 0 aliphatic carbocycles. The molecule has 174 valence electrons. The lowest BCUT2D eigenvalue weighted by atomic mass is 10.0. The molecule has 1 heterocycles. The van der Waals surface area contributed by atoms with Crippen LogP contribution in [0.2, 0.25) is 0 Å². The molecule has 3 aromatic carbocycles. The molecule has 1 aliphatic rings. The highest BCUT2D eigenvalue weighted by Gasteiger charge is 2.43. The van der Waals surface area contributed by atoms with Gasteiger partial charge in [0.2, 0.25) is 0 Å². The molecule has 0 saturated carbocycles. The third kappa shape index (κ3) is 5.07. The molecule has 0 bridgehead atoms. The van der Waals surface area contributed by atoms with E-state index in [-0.39, 0.29) is 29.9 Å². The summed E-state index contributed by atoms with van der Waals surface area (Å²) in [5.74, 6) is -2.47. The van der Waals surface area contributed by atoms with Crippen molar-refractivity contribution in [2.75, 3.05) is 12.0 Å². The van der Waals surface area contributed by atoms with E-state index >= 15 is 0 Å². The largest absolute Gasteiger partial charge is 0.459 e. The van der Waals surface area contributed by atoms with Crippen LogP contribution in [0.25, 0.3) is 11.1 Å². The van der Waals surface area contributed by atoms with Gasteiger partial charge in [-0.2, -0.15) is 0 Å². The van der Waals surface area contributed by atoms with Gasteiger partial charge in [-0.05, 0) is 35.2 Å². The predicted molar refractivity (Wildman–Crippen MR) is 127 cm³/mol. The molecule has 0 aromatic heterocycles. The fourth-order valence-electron chi connectivity index (χ4n) is 3.84. The van der Waals surface area contributed by atoms with Crippen LogP contribution >= 0.6 is 0 Å². The van der Waals surface area contributed by atoms with E-state index in [9.17, 15) is 22.8 Å². The van der Waals surface area contributed by atoms with Crippen molar-refractivity contribution < 1.29 is 27.5 Å². The number of sulfone groups is 1. The Kier molecular flexibility index (Phi) is 6.61. The number of hydrogen-bond acceptors (Lipinski definition) is 6. The number of esters is 1. The lowest BCUT2D eigenvalue weighted by Crippen LogP contribution is -2.46. The summed E-state index contributed by atoms with van der Waals surface area (Å²) < 4.78 is 28.9. The molecule has 0 spiro atoms. The highest BCUT2D eigenvalue weighted by molar-refractivity contribution is 7.90. The standard InChI is InChI=1S/C26H23NO6S/c1-34(31,32)16-15-23(27-24(28)21-9-5-6-10-22(21)25(27)29)26(30)33-17-18-11-13-20(14-12-18)19-7-3-2-4-8-19/h2-14,23H,15-17H2,1H3. The average molecular weight is 478 g/mol. The number of ether oxygens (including phenoxy) is 1. The summed E-state index contributed by atoms with van der Waals surface area (Å²) >= 11 is 0. The van der Waals surface area contributed by atoms with Gasteiger partial charge in [0.15, 0.2) is 0 Å². The Bertz CT molecular complexity index is 1300. The van der Waals surface area contributed by atoms with Crippen molar-refractivity contribution in [3.63, 3.8) is 0 Å². The van der Waals surface area contributed by atoms with Crippen molar-refractivity contribution in [3.8, 4) is 11.1 Å². The van der Waals surface area contributed by atoms with Gasteiger partial charge >= 0.3 is 5.97 Å². The first-order chi connectivity index (χ1) is 16.2. The molecular weight excluding hydrogens is 454 g/mol. The van der Waals surface area contributed by atoms with Crippen molar-refractivity contribution in [1.29, 1.82) is 0 Å². The number of hydrogen-bond donors (Lipinski definition) is 0. The summed E-state index contributed by atoms with van der Waals surface area (Å²) in [6.45, 7) is -0.0769. The topological polar surface area (TPSA) is 97.8 Å². The van der Waals surface area contributed by atoms with Crippen LogP contribution in [0.1, 0.15) is 32.7 Å². The van der Waals surface area contributed by atoms with Crippen molar-refractivity contribution in [3.05, 3.63) is 95.6 Å². The molecule has 7 nitrogen and oxygen atoms in total. The molecule has 1 aliphatic heterocycles. The molecule has 0 fully saturated rings. The van der Waals surface area contributed by atoms with Crippen LogP contribution in [0.3, 0.4) is 0 Å². The number of carbonyl (C=O) groups excluding carboxylic acids is 3. The van der Waals surface area contributed by atoms with Crippen molar-refractivity contribution >= 4 is 27.6 Å². The van der Waals surface area contributed by atoms with E-state index in [1.54, 1.807) is 12.1 Å². The third-order valence-electron chi connectivity index (χ3n) is 5.61. The van der Waals surface area contributed by atoms with Crippen LogP contribution in [-0.4, -0.2) is 49.2 Å². The number of fused-ring (bicyclic) bond motifs is 1. The molecule has 2 amide bonds. The van der Waals surface area contributed by atoms with Crippen molar-refractivity contribution in [1.82, 2.24) is 4.90 Å². The lowest BCUT2D eigenvalue weighted by molar-refractivity contribution is -0.149. The van der Waals surface area contributed by atoms with Gasteiger partial charge in [-0.15, -0.1) is 0 Å². The van der Waals surface area contributed by atoms with E-state index in [0.29, 0.717) is 0 Å². The second-order valence-electron chi connectivity index (χ2n) is 8.13. The Morgan fingerprint density at radius 1 is 0.824 bits per heavy atom. The molecular formula is C26H23NO6S. The molecule has 0 N–H and O–H groups in total. The smallest absolute Gasteiger partial charge is 0.329 e. The SMILES string of the molecule is CS(=O)(=O)CCC(C(=O)OCc1ccc(-c2ccccc2)cc1)N1C(=O)c2ccccc2C1=O. The van der Waals surface area contributed by atoms with E-state index in [2.05, 4.69) is 0 Å². The number of carbonyl (C=O) groups is 3. The van der Waals surface area contributed by atoms with Crippen molar-refractivity contribution in [2.45, 2.75) is 19.1 Å². The Hall–Kier alpha value is -3.78. The number of nitrogens with zero attached hydrogens (tertiary/aromatic N) is 1. The fourth-order valence-corrected chi connectivity index (χ4v) is 4.50. The highest BCUT2D eigenvalue weighted by atomic mass is 32.2. The van der Waals surface area contributed by atoms with Gasteiger partial charge in [0, 0.05) is 6.26 Å². The minimum Gasteiger partial charge on any atom is -0.459 e. The molecule has 8 heteroatoms. The van der Waals surface area contributed by atoms with E-state index in [4.69, 9.17) is 4.74 Å². The Morgan fingerprint density at radius 3 is 1.91 bits per heavy atom. The molecule has 0 saturated heterocycles. The van der Waals surface area contributed by atoms with Gasteiger partial charge in [-0.1, -0.05) is 66.7 Å². The minimum atomic E-state index is -3.44. The van der Waals surface area contributed by atoms with Crippen LogP contribution in [0.5, 0.6) is 0 Å². The van der Waals surface area contributed by atoms with Gasteiger partial charge in [0.05, 0.1) is 16.9 Å². The number of amides is 2. The number of rotatable bonds is 8. The van der Waals surface area contributed by atoms with Crippen LogP contribution in [-0.2, 0) is 26.0 Å². The van der Waals surface area contributed by atoms with E-state index in [1.165, 1.54) is 12.1 Å². The first kappa shape index (κ1) is 23.4. The molecule has 1 unspecified atom stereocenters. The zero-order valence-electron chi connectivity index (χ0n) is 18.5. The number of imide groups is 1. The normalized spacial score (nSPS) is 14.1. The quantitative estimate of drug-likeness (QED) is 0.364. The fraction of sp³-hybridized carbons (Fsp3) is 0.192. The second kappa shape index (κ2) is 9.61. The van der Waals surface area contributed by atoms with E-state index in [1.807, 2.05) is 54.6 Å². The maximum atomic E-state index is 13.0. The zero-order chi connectivity index (χ0) is 24.3. The molecule has 4 rings (SSSR count). The van der Waals surface area contributed by atoms with Crippen molar-refractivity contribution in [2.24, 2.45) is 0 Å². The summed E-state index contributed by atoms with van der Waals surface area (Å²) in [7, 11) is -3.44.